The van der Waals surface area contributed by atoms with Gasteiger partial charge >= 0.3 is 12.2 Å². The summed E-state index contributed by atoms with van der Waals surface area (Å²) in [5.74, 6) is -0.837. The number of fused-ring (bicyclic) bond motifs is 2. The summed E-state index contributed by atoms with van der Waals surface area (Å²) in [6.07, 6.45) is -3.36. The molecular weight excluding hydrogens is 905 g/mol. The molecule has 7 fully saturated rings. The van der Waals surface area contributed by atoms with E-state index in [9.17, 15) is 38.4 Å². The number of nitrogens with one attached hydrogen (secondary N) is 1. The monoisotopic (exact) mass is 960 g/mol. The maximum absolute atomic E-state index is 12.4. The minimum absolute atomic E-state index is 0.0123. The number of Topliss-reactive ketones (excluding diaryl/α,β-unsaturated/α-hetero) is 2. The quantitative estimate of drug-likeness (QED) is 0.145. The Bertz CT molecular complexity index is 2540. The van der Waals surface area contributed by atoms with Gasteiger partial charge in [-0.1, -0.05) is 65.7 Å². The first-order valence-electron chi connectivity index (χ1n) is 23.7. The number of ketones is 2. The second-order valence-corrected chi connectivity index (χ2v) is 18.8. The molecule has 0 bridgehead atoms. The van der Waals surface area contributed by atoms with E-state index in [0.717, 1.165) is 60.7 Å². The number of imide groups is 2. The zero-order chi connectivity index (χ0) is 49.1. The summed E-state index contributed by atoms with van der Waals surface area (Å²) in [5, 5.41) is 13.7. The number of hydrogen-bond donors (Lipinski definition) is 1. The van der Waals surface area contributed by atoms with Crippen LogP contribution in [0.1, 0.15) is 49.9 Å². The fourth-order valence-corrected chi connectivity index (χ4v) is 10.2. The Morgan fingerprint density at radius 3 is 1.41 bits per heavy atom. The number of hydroxylamine groups is 4. The summed E-state index contributed by atoms with van der Waals surface area (Å²) in [7, 11) is 4.03. The van der Waals surface area contributed by atoms with Crippen molar-refractivity contribution in [2.75, 3.05) is 52.4 Å². The number of carbonyl (C=O) groups is 8. The Balaban J connectivity index is 0.000000137. The van der Waals surface area contributed by atoms with E-state index < -0.39 is 53.5 Å². The van der Waals surface area contributed by atoms with Crippen LogP contribution in [0, 0.1) is 23.7 Å². The highest BCUT2D eigenvalue weighted by Crippen LogP contribution is 2.33. The number of benzene rings is 2. The normalized spacial score (nSPS) is 23.4. The van der Waals surface area contributed by atoms with E-state index in [2.05, 4.69) is 90.5 Å². The topological polar surface area (TPSA) is 228 Å². The first kappa shape index (κ1) is 47.9. The van der Waals surface area contributed by atoms with E-state index in [4.69, 9.17) is 4.84 Å². The summed E-state index contributed by atoms with van der Waals surface area (Å²) in [6.45, 7) is 9.61. The Hall–Kier alpha value is -7.10. The van der Waals surface area contributed by atoms with Crippen LogP contribution in [-0.2, 0) is 70.4 Å². The van der Waals surface area contributed by atoms with Gasteiger partial charge in [0.1, 0.15) is 0 Å². The number of nitrogens with zero attached hydrogens (tertiary/aromatic N) is 9. The number of ether oxygens (including phenoxy) is 1. The summed E-state index contributed by atoms with van der Waals surface area (Å²) in [4.78, 5) is 108. The van der Waals surface area contributed by atoms with Gasteiger partial charge in [-0.25, -0.2) is 9.59 Å². The molecule has 7 aliphatic rings. The number of rotatable bonds is 9. The average Bonchev–Trinajstić information content (AvgIpc) is 4.25. The van der Waals surface area contributed by atoms with Gasteiger partial charge in [-0.3, -0.25) is 52.8 Å². The van der Waals surface area contributed by atoms with Gasteiger partial charge in [0.2, 0.25) is 6.10 Å². The summed E-state index contributed by atoms with van der Waals surface area (Å²) in [5.41, 5.74) is 6.81. The van der Waals surface area contributed by atoms with Crippen molar-refractivity contribution in [2.45, 2.75) is 57.7 Å². The Labute approximate surface area is 403 Å². The predicted molar refractivity (Wildman–Crippen MR) is 246 cm³/mol. The molecule has 1 aliphatic carbocycles. The van der Waals surface area contributed by atoms with Crippen LogP contribution in [0.4, 0.5) is 9.59 Å². The van der Waals surface area contributed by atoms with E-state index >= 15 is 0 Å². The zero-order valence-corrected chi connectivity index (χ0v) is 39.1. The summed E-state index contributed by atoms with van der Waals surface area (Å²) in [6, 6.07) is 24.9. The lowest BCUT2D eigenvalue weighted by molar-refractivity contribution is -0.178. The van der Waals surface area contributed by atoms with Crippen LogP contribution >= 0.6 is 0 Å². The van der Waals surface area contributed by atoms with Crippen molar-refractivity contribution in [1.29, 1.82) is 0 Å². The molecule has 4 atom stereocenters. The van der Waals surface area contributed by atoms with Gasteiger partial charge in [0, 0.05) is 116 Å². The Kier molecular flexibility index (Phi) is 14.3. The van der Waals surface area contributed by atoms with Crippen LogP contribution in [0.25, 0.3) is 22.5 Å². The van der Waals surface area contributed by atoms with Crippen LogP contribution in [-0.4, -0.2) is 150 Å². The highest BCUT2D eigenvalue weighted by atomic mass is 16.8. The number of amides is 5. The first-order chi connectivity index (χ1) is 33.8. The van der Waals surface area contributed by atoms with Crippen molar-refractivity contribution >= 4 is 47.4 Å². The fourth-order valence-electron chi connectivity index (χ4n) is 10.2. The van der Waals surface area contributed by atoms with E-state index in [1.807, 2.05) is 40.7 Å². The van der Waals surface area contributed by atoms with Crippen LogP contribution in [0.5, 0.6) is 0 Å². The standard InChI is InChI=1S/C22H25N5O4.C17H22N4.C10H9NO7/c1-24-18(9-19(23-24)15-5-3-2-4-6-15)14-25-10-16-12-26(13-17(16)11-25)22(30)31-27-20(28)7-8-21(27)29;1-20-16(7-17(19-20)13-5-3-2-4-6-13)12-21-10-14-8-18-9-15(14)11-21;12-5-1-2-6(13)9(5)17-10(16)18-11-7(14)3-4-8(11)15/h2-6,9,16-17H,7-8,10-14H2,1H3;2-7,14-15,18H,8-12H2,1H3;9H,1-4H2. The minimum atomic E-state index is -1.48. The molecule has 2 aromatic heterocycles. The molecule has 1 N–H and O–H groups in total. The number of hydrogen-bond acceptors (Lipinski definition) is 16. The van der Waals surface area contributed by atoms with Crippen LogP contribution in [0.3, 0.4) is 0 Å². The molecule has 21 heteroatoms. The third-order valence-electron chi connectivity index (χ3n) is 13.9. The molecule has 8 heterocycles. The molecule has 6 saturated heterocycles. The minimum Gasteiger partial charge on any atom is -0.413 e. The number of carbonyl (C=O) groups excluding carboxylic acids is 8. The maximum Gasteiger partial charge on any atom is 0.535 e. The van der Waals surface area contributed by atoms with E-state index in [0.29, 0.717) is 30.0 Å². The molecule has 368 valence electrons. The van der Waals surface area contributed by atoms with E-state index in [1.165, 1.54) is 37.4 Å². The summed E-state index contributed by atoms with van der Waals surface area (Å²) >= 11 is 0. The summed E-state index contributed by atoms with van der Waals surface area (Å²) < 4.78 is 8.46. The second kappa shape index (κ2) is 20.9. The van der Waals surface area contributed by atoms with Crippen LogP contribution < -0.4 is 5.32 Å². The molecular formula is C49H56N10O11. The van der Waals surface area contributed by atoms with Crippen molar-refractivity contribution in [3.05, 3.63) is 84.2 Å². The molecule has 0 radical (unpaired) electrons. The molecule has 11 rings (SSSR count). The van der Waals surface area contributed by atoms with Gasteiger partial charge in [0.25, 0.3) is 23.6 Å². The van der Waals surface area contributed by atoms with Gasteiger partial charge < -0.3 is 19.8 Å². The Morgan fingerprint density at radius 1 is 0.557 bits per heavy atom. The van der Waals surface area contributed by atoms with Crippen molar-refractivity contribution in [1.82, 2.24) is 49.7 Å². The molecule has 5 amide bonds. The molecule has 1 saturated carbocycles. The van der Waals surface area contributed by atoms with Crippen LogP contribution in [0.15, 0.2) is 72.8 Å². The zero-order valence-electron chi connectivity index (χ0n) is 39.1. The highest BCUT2D eigenvalue weighted by molar-refractivity contribution is 6.12. The van der Waals surface area contributed by atoms with Crippen molar-refractivity contribution in [2.24, 2.45) is 37.8 Å². The van der Waals surface area contributed by atoms with Crippen molar-refractivity contribution < 1.29 is 52.8 Å². The van der Waals surface area contributed by atoms with Gasteiger partial charge in [-0.05, 0) is 48.9 Å². The lowest BCUT2D eigenvalue weighted by Crippen LogP contribution is -2.40. The second-order valence-electron chi connectivity index (χ2n) is 18.8. The highest BCUT2D eigenvalue weighted by Gasteiger charge is 2.44. The lowest BCUT2D eigenvalue weighted by atomic mass is 10.0. The predicted octanol–water partition coefficient (Wildman–Crippen LogP) is 2.89. The smallest absolute Gasteiger partial charge is 0.413 e. The average molecular weight is 961 g/mol. The third-order valence-corrected chi connectivity index (χ3v) is 13.9. The van der Waals surface area contributed by atoms with Crippen molar-refractivity contribution in [3.63, 3.8) is 0 Å². The molecule has 4 aromatic rings. The third kappa shape index (κ3) is 10.9. The van der Waals surface area contributed by atoms with Gasteiger partial charge in [0.15, 0.2) is 11.6 Å². The molecule has 2 aromatic carbocycles. The maximum atomic E-state index is 12.4. The molecule has 6 aliphatic heterocycles. The number of aryl methyl sites for hydroxylation is 2. The number of aromatic nitrogens is 4. The van der Waals surface area contributed by atoms with Crippen LogP contribution in [0.2, 0.25) is 0 Å². The molecule has 4 unspecified atom stereocenters. The number of likely N-dealkylation sites (tertiary alicyclic amines) is 3. The molecule has 21 nitrogen and oxygen atoms in total. The Morgan fingerprint density at radius 2 is 0.971 bits per heavy atom. The van der Waals surface area contributed by atoms with Gasteiger partial charge in [-0.15, -0.1) is 5.06 Å². The van der Waals surface area contributed by atoms with Gasteiger partial charge in [-0.2, -0.15) is 10.2 Å². The first-order valence-corrected chi connectivity index (χ1v) is 23.7. The van der Waals surface area contributed by atoms with Gasteiger partial charge in [0.05, 0.1) is 22.8 Å². The van der Waals surface area contributed by atoms with Crippen molar-refractivity contribution in [3.8, 4) is 22.5 Å². The van der Waals surface area contributed by atoms with E-state index in [1.54, 1.807) is 4.90 Å². The largest absolute Gasteiger partial charge is 0.535 e. The molecule has 70 heavy (non-hydrogen) atoms. The molecule has 0 spiro atoms. The SMILES string of the molecule is Cn1nc(-c2ccccc2)cc1CN1CC2CN(C(=O)ON3C(=O)CCC3=O)CC2C1.Cn1nc(-c2ccccc2)cc1CN1CC2CNCC2C1.O=C(OC1C(=O)CCC1=O)ON1C(=O)CCC1=O. The fraction of sp³-hybridized carbons (Fsp3) is 0.469. The van der Waals surface area contributed by atoms with E-state index in [-0.39, 0.29) is 43.6 Å². The lowest BCUT2D eigenvalue weighted by Gasteiger charge is -2.22.